The Hall–Kier alpha value is -8.47. The van der Waals surface area contributed by atoms with Gasteiger partial charge in [0.25, 0.3) is 0 Å². The molecule has 4 nitrogen and oxygen atoms in total. The van der Waals surface area contributed by atoms with Crippen LogP contribution in [0.1, 0.15) is 25.0 Å². The van der Waals surface area contributed by atoms with E-state index in [1.165, 1.54) is 71.6 Å². The summed E-state index contributed by atoms with van der Waals surface area (Å²) in [5, 5.41) is 7.07. The number of fused-ring (bicyclic) bond motifs is 8. The molecule has 0 bridgehead atoms. The normalized spacial score (nSPS) is 12.8. The van der Waals surface area contributed by atoms with Gasteiger partial charge in [-0.05, 0) is 109 Å². The minimum Gasteiger partial charge on any atom is -0.309 e. The summed E-state index contributed by atoms with van der Waals surface area (Å²) in [5.74, 6) is 1.90. The maximum absolute atomic E-state index is 5.17. The van der Waals surface area contributed by atoms with Gasteiger partial charge in [-0.15, -0.1) is 0 Å². The van der Waals surface area contributed by atoms with E-state index in [4.69, 9.17) is 15.0 Å². The van der Waals surface area contributed by atoms with Crippen LogP contribution in [0.15, 0.2) is 218 Å². The third-order valence-corrected chi connectivity index (χ3v) is 13.8. The van der Waals surface area contributed by atoms with Crippen LogP contribution >= 0.6 is 0 Å². The zero-order valence-corrected chi connectivity index (χ0v) is 36.6. The van der Waals surface area contributed by atoms with Crippen molar-refractivity contribution in [2.75, 3.05) is 0 Å². The topological polar surface area (TPSA) is 43.6 Å². The van der Waals surface area contributed by atoms with Gasteiger partial charge in [-0.1, -0.05) is 184 Å². The highest BCUT2D eigenvalue weighted by molar-refractivity contribution is 6.14. The number of para-hydroxylation sites is 2. The molecule has 0 N–H and O–H groups in total. The van der Waals surface area contributed by atoms with Gasteiger partial charge >= 0.3 is 0 Å². The van der Waals surface area contributed by atoms with Gasteiger partial charge in [0.15, 0.2) is 17.5 Å². The predicted octanol–water partition coefficient (Wildman–Crippen LogP) is 15.9. The Labute approximate surface area is 383 Å². The van der Waals surface area contributed by atoms with Crippen molar-refractivity contribution in [2.24, 2.45) is 0 Å². The van der Waals surface area contributed by atoms with Crippen molar-refractivity contribution in [2.45, 2.75) is 19.3 Å². The highest BCUT2D eigenvalue weighted by atomic mass is 15.0. The average Bonchev–Trinajstić information content (AvgIpc) is 3.84. The van der Waals surface area contributed by atoms with E-state index < -0.39 is 0 Å². The van der Waals surface area contributed by atoms with Crippen molar-refractivity contribution in [3.8, 4) is 73.2 Å². The molecule has 0 atom stereocenters. The third kappa shape index (κ3) is 6.03. The summed E-state index contributed by atoms with van der Waals surface area (Å²) in [7, 11) is 0. The Morgan fingerprint density at radius 1 is 0.333 bits per heavy atom. The van der Waals surface area contributed by atoms with Crippen molar-refractivity contribution in [3.05, 3.63) is 230 Å². The first-order chi connectivity index (χ1) is 32.5. The van der Waals surface area contributed by atoms with Gasteiger partial charge < -0.3 is 4.57 Å². The molecule has 2 heterocycles. The van der Waals surface area contributed by atoms with Crippen molar-refractivity contribution in [1.29, 1.82) is 0 Å². The molecular formula is C62H42N4. The van der Waals surface area contributed by atoms with Crippen LogP contribution in [-0.4, -0.2) is 19.5 Å². The monoisotopic (exact) mass is 842 g/mol. The first-order valence-electron chi connectivity index (χ1n) is 22.7. The lowest BCUT2D eigenvalue weighted by molar-refractivity contribution is 0.660. The molecule has 13 rings (SSSR count). The predicted molar refractivity (Wildman–Crippen MR) is 274 cm³/mol. The largest absolute Gasteiger partial charge is 0.309 e. The summed E-state index contributed by atoms with van der Waals surface area (Å²) in [4.78, 5) is 15.4. The number of rotatable bonds is 6. The lowest BCUT2D eigenvalue weighted by atomic mass is 9.81. The minimum absolute atomic E-state index is 0.0905. The molecule has 1 aliphatic carbocycles. The maximum Gasteiger partial charge on any atom is 0.164 e. The summed E-state index contributed by atoms with van der Waals surface area (Å²) < 4.78 is 2.43. The Balaban J connectivity index is 0.952. The second-order valence-corrected chi connectivity index (χ2v) is 18.0. The molecule has 0 unspecified atom stereocenters. The summed E-state index contributed by atoms with van der Waals surface area (Å²) in [6.45, 7) is 4.71. The minimum atomic E-state index is -0.0905. The van der Waals surface area contributed by atoms with Gasteiger partial charge in [0.2, 0.25) is 0 Å². The SMILES string of the molecule is CC1(C)c2ccccc2-c2ccc(-c3ccccc3-c3cccc4c5ccccc5n(-c5ccc(-c6nc(-c7ccc8ccccc8c7)nc(-c7ccc8ccccc8c7)n6)cc5)c34)cc21. The van der Waals surface area contributed by atoms with Crippen LogP contribution in [0.5, 0.6) is 0 Å². The molecule has 310 valence electrons. The first-order valence-corrected chi connectivity index (χ1v) is 22.7. The smallest absolute Gasteiger partial charge is 0.164 e. The van der Waals surface area contributed by atoms with Gasteiger partial charge in [-0.3, -0.25) is 0 Å². The molecule has 0 fully saturated rings. The van der Waals surface area contributed by atoms with Crippen LogP contribution < -0.4 is 0 Å². The fourth-order valence-electron chi connectivity index (χ4n) is 10.5. The van der Waals surface area contributed by atoms with Crippen LogP contribution in [0.4, 0.5) is 0 Å². The molecule has 4 heteroatoms. The summed E-state index contributed by atoms with van der Waals surface area (Å²) in [6.07, 6.45) is 0. The molecular weight excluding hydrogens is 801 g/mol. The zero-order chi connectivity index (χ0) is 43.9. The highest BCUT2D eigenvalue weighted by Gasteiger charge is 2.35. The molecule has 0 radical (unpaired) electrons. The highest BCUT2D eigenvalue weighted by Crippen LogP contribution is 2.50. The quantitative estimate of drug-likeness (QED) is 0.167. The fourth-order valence-corrected chi connectivity index (χ4v) is 10.5. The number of hydrogen-bond donors (Lipinski definition) is 0. The molecule has 12 aromatic rings. The van der Waals surface area contributed by atoms with E-state index in [1.807, 2.05) is 0 Å². The molecule has 66 heavy (non-hydrogen) atoms. The van der Waals surface area contributed by atoms with Gasteiger partial charge in [-0.2, -0.15) is 0 Å². The Kier molecular flexibility index (Phi) is 8.53. The van der Waals surface area contributed by atoms with Crippen LogP contribution in [-0.2, 0) is 5.41 Å². The van der Waals surface area contributed by atoms with E-state index in [1.54, 1.807) is 0 Å². The Bertz CT molecular complexity index is 3820. The molecule has 0 saturated heterocycles. The van der Waals surface area contributed by atoms with E-state index in [0.29, 0.717) is 17.5 Å². The fraction of sp³-hybridized carbons (Fsp3) is 0.0484. The second-order valence-electron chi connectivity index (χ2n) is 18.0. The number of hydrogen-bond acceptors (Lipinski definition) is 3. The van der Waals surface area contributed by atoms with E-state index in [0.717, 1.165) is 38.7 Å². The summed E-state index contributed by atoms with van der Waals surface area (Å²) in [5.41, 5.74) is 16.3. The van der Waals surface area contributed by atoms with Gasteiger partial charge in [0, 0.05) is 44.1 Å². The Morgan fingerprint density at radius 3 is 1.53 bits per heavy atom. The van der Waals surface area contributed by atoms with Crippen LogP contribution in [0.25, 0.3) is 117 Å². The van der Waals surface area contributed by atoms with Crippen LogP contribution in [0.3, 0.4) is 0 Å². The number of nitrogens with zero attached hydrogens (tertiary/aromatic N) is 4. The number of aromatic nitrogens is 4. The molecule has 1 aliphatic rings. The molecule has 2 aromatic heterocycles. The molecule has 0 saturated carbocycles. The van der Waals surface area contributed by atoms with Crippen molar-refractivity contribution in [1.82, 2.24) is 19.5 Å². The van der Waals surface area contributed by atoms with Gasteiger partial charge in [0.1, 0.15) is 0 Å². The van der Waals surface area contributed by atoms with E-state index in [-0.39, 0.29) is 5.41 Å². The zero-order valence-electron chi connectivity index (χ0n) is 36.6. The van der Waals surface area contributed by atoms with Crippen molar-refractivity contribution in [3.63, 3.8) is 0 Å². The lowest BCUT2D eigenvalue weighted by Crippen LogP contribution is -2.14. The average molecular weight is 843 g/mol. The van der Waals surface area contributed by atoms with Crippen molar-refractivity contribution < 1.29 is 0 Å². The molecule has 10 aromatic carbocycles. The summed E-state index contributed by atoms with van der Waals surface area (Å²) >= 11 is 0. The lowest BCUT2D eigenvalue weighted by Gasteiger charge is -2.22. The molecule has 0 spiro atoms. The molecule has 0 aliphatic heterocycles. The van der Waals surface area contributed by atoms with Crippen molar-refractivity contribution >= 4 is 43.4 Å². The van der Waals surface area contributed by atoms with Crippen LogP contribution in [0.2, 0.25) is 0 Å². The van der Waals surface area contributed by atoms with Gasteiger partial charge in [0.05, 0.1) is 11.0 Å². The van der Waals surface area contributed by atoms with E-state index in [2.05, 4.69) is 237 Å². The van der Waals surface area contributed by atoms with Crippen LogP contribution in [0, 0.1) is 0 Å². The standard InChI is InChI=1S/C62H42N4/c1-62(2)55-24-11-9-20-50(55)51-35-32-44(38-56(51)62)48-18-7-8-19-49(48)53-22-13-23-54-52-21-10-12-25-57(52)66(58(53)54)47-33-30-41(31-34-47)59-63-60(45-28-26-39-14-3-5-16-42(39)36-45)65-61(64-59)46-29-27-40-15-4-6-17-43(40)37-46/h3-38H,1-2H3. The van der Waals surface area contributed by atoms with E-state index in [9.17, 15) is 0 Å². The summed E-state index contributed by atoms with van der Waals surface area (Å²) in [6, 6.07) is 78.7. The molecule has 0 amide bonds. The van der Waals surface area contributed by atoms with E-state index >= 15 is 0 Å². The Morgan fingerprint density at radius 2 is 0.833 bits per heavy atom. The first kappa shape index (κ1) is 38.0. The third-order valence-electron chi connectivity index (χ3n) is 13.8. The second kappa shape index (κ2) is 14.8. The number of benzene rings is 10. The maximum atomic E-state index is 5.17. The van der Waals surface area contributed by atoms with Gasteiger partial charge in [-0.25, -0.2) is 15.0 Å².